The number of nitrogens with zero attached hydrogens (tertiary/aromatic N) is 1. The zero-order valence-corrected chi connectivity index (χ0v) is 15.1. The zero-order chi connectivity index (χ0) is 18.1. The summed E-state index contributed by atoms with van der Waals surface area (Å²) in [5, 5.41) is 4.56. The monoisotopic (exact) mass is 349 g/mol. The Balaban J connectivity index is 1.42. The van der Waals surface area contributed by atoms with Crippen molar-refractivity contribution in [3.05, 3.63) is 59.8 Å². The van der Waals surface area contributed by atoms with Gasteiger partial charge in [-0.3, -0.25) is 4.79 Å². The van der Waals surface area contributed by atoms with Crippen LogP contribution in [-0.4, -0.2) is 35.5 Å². The summed E-state index contributed by atoms with van der Waals surface area (Å²) in [6, 6.07) is 16.0. The number of rotatable bonds is 5. The SMILES string of the molecule is COc1ccc(CN2CCC(Nc3ccc4[nH]c(C)cc4c3)C2=O)cc1. The Morgan fingerprint density at radius 2 is 2.00 bits per heavy atom. The van der Waals surface area contributed by atoms with Crippen LogP contribution in [0.25, 0.3) is 10.9 Å². The Labute approximate surface area is 153 Å². The van der Waals surface area contributed by atoms with Crippen LogP contribution in [0.15, 0.2) is 48.5 Å². The number of aromatic amines is 1. The van der Waals surface area contributed by atoms with Gasteiger partial charge in [0.2, 0.25) is 5.91 Å². The molecule has 1 saturated heterocycles. The van der Waals surface area contributed by atoms with Crippen molar-refractivity contribution in [2.45, 2.75) is 25.9 Å². The second-order valence-electron chi connectivity index (χ2n) is 6.85. The number of nitrogens with one attached hydrogen (secondary N) is 2. The van der Waals surface area contributed by atoms with E-state index in [4.69, 9.17) is 4.74 Å². The summed E-state index contributed by atoms with van der Waals surface area (Å²) in [6.45, 7) is 3.45. The van der Waals surface area contributed by atoms with E-state index < -0.39 is 0 Å². The van der Waals surface area contributed by atoms with E-state index in [2.05, 4.69) is 28.5 Å². The molecule has 26 heavy (non-hydrogen) atoms. The van der Waals surface area contributed by atoms with Crippen LogP contribution < -0.4 is 10.1 Å². The molecule has 1 aliphatic rings. The predicted octanol–water partition coefficient (Wildman–Crippen LogP) is 3.70. The topological polar surface area (TPSA) is 57.4 Å². The van der Waals surface area contributed by atoms with Gasteiger partial charge < -0.3 is 19.9 Å². The molecule has 1 aliphatic heterocycles. The summed E-state index contributed by atoms with van der Waals surface area (Å²) in [7, 11) is 1.65. The summed E-state index contributed by atoms with van der Waals surface area (Å²) in [5.74, 6) is 0.989. The van der Waals surface area contributed by atoms with Gasteiger partial charge in [-0.2, -0.15) is 0 Å². The number of ether oxygens (including phenoxy) is 1. The molecule has 4 rings (SSSR count). The molecule has 0 radical (unpaired) electrons. The van der Waals surface area contributed by atoms with Crippen molar-refractivity contribution in [3.63, 3.8) is 0 Å². The molecule has 0 spiro atoms. The summed E-state index contributed by atoms with van der Waals surface area (Å²) in [6.07, 6.45) is 0.819. The average molecular weight is 349 g/mol. The van der Waals surface area contributed by atoms with E-state index in [0.29, 0.717) is 6.54 Å². The van der Waals surface area contributed by atoms with Gasteiger partial charge >= 0.3 is 0 Å². The number of H-pyrrole nitrogens is 1. The molecule has 1 unspecified atom stereocenters. The Morgan fingerprint density at radius 1 is 1.19 bits per heavy atom. The maximum atomic E-state index is 12.7. The Morgan fingerprint density at radius 3 is 2.77 bits per heavy atom. The highest BCUT2D eigenvalue weighted by Crippen LogP contribution is 2.24. The predicted molar refractivity (Wildman–Crippen MR) is 103 cm³/mol. The zero-order valence-electron chi connectivity index (χ0n) is 15.1. The highest BCUT2D eigenvalue weighted by Gasteiger charge is 2.31. The van der Waals surface area contributed by atoms with Crippen LogP contribution in [0.2, 0.25) is 0 Å². The molecule has 134 valence electrons. The molecular weight excluding hydrogens is 326 g/mol. The molecule has 5 heteroatoms. The number of hydrogen-bond donors (Lipinski definition) is 2. The third kappa shape index (κ3) is 3.25. The fourth-order valence-corrected chi connectivity index (χ4v) is 3.55. The van der Waals surface area contributed by atoms with E-state index >= 15 is 0 Å². The van der Waals surface area contributed by atoms with Crippen molar-refractivity contribution in [2.24, 2.45) is 0 Å². The number of likely N-dealkylation sites (tertiary alicyclic amines) is 1. The fourth-order valence-electron chi connectivity index (χ4n) is 3.55. The van der Waals surface area contributed by atoms with Crippen LogP contribution >= 0.6 is 0 Å². The van der Waals surface area contributed by atoms with Crippen molar-refractivity contribution in [3.8, 4) is 5.75 Å². The number of carbonyl (C=O) groups excluding carboxylic acids is 1. The number of amides is 1. The van der Waals surface area contributed by atoms with Gasteiger partial charge in [0.05, 0.1) is 7.11 Å². The molecule has 1 amide bonds. The lowest BCUT2D eigenvalue weighted by Crippen LogP contribution is -2.33. The number of carbonyl (C=O) groups is 1. The van der Waals surface area contributed by atoms with E-state index in [-0.39, 0.29) is 11.9 Å². The molecule has 2 aromatic carbocycles. The minimum absolute atomic E-state index is 0.158. The van der Waals surface area contributed by atoms with Gasteiger partial charge in [0.25, 0.3) is 0 Å². The van der Waals surface area contributed by atoms with Gasteiger partial charge in [-0.1, -0.05) is 12.1 Å². The Bertz CT molecular complexity index is 930. The third-order valence-corrected chi connectivity index (χ3v) is 4.93. The molecule has 1 atom stereocenters. The van der Waals surface area contributed by atoms with Gasteiger partial charge in [-0.15, -0.1) is 0 Å². The fraction of sp³-hybridized carbons (Fsp3) is 0.286. The molecule has 0 bridgehead atoms. The number of aromatic nitrogens is 1. The molecule has 0 saturated carbocycles. The maximum absolute atomic E-state index is 12.7. The van der Waals surface area contributed by atoms with Crippen LogP contribution in [0, 0.1) is 6.92 Å². The van der Waals surface area contributed by atoms with Crippen molar-refractivity contribution < 1.29 is 9.53 Å². The largest absolute Gasteiger partial charge is 0.497 e. The Hall–Kier alpha value is -2.95. The first-order valence-corrected chi connectivity index (χ1v) is 8.90. The van der Waals surface area contributed by atoms with Gasteiger partial charge in [0.15, 0.2) is 0 Å². The standard InChI is InChI=1S/C21H23N3O2/c1-14-11-16-12-17(5-8-19(16)22-14)23-20-9-10-24(21(20)25)13-15-3-6-18(26-2)7-4-15/h3-8,11-12,20,22-23H,9-10,13H2,1-2H3. The van der Waals surface area contributed by atoms with Crippen molar-refractivity contribution in [1.82, 2.24) is 9.88 Å². The number of benzene rings is 2. The number of aryl methyl sites for hydroxylation is 1. The van der Waals surface area contributed by atoms with Crippen LogP contribution in [0.1, 0.15) is 17.7 Å². The van der Waals surface area contributed by atoms with Crippen molar-refractivity contribution in [2.75, 3.05) is 19.0 Å². The quantitative estimate of drug-likeness (QED) is 0.738. The molecule has 1 aromatic heterocycles. The van der Waals surface area contributed by atoms with Crippen LogP contribution in [0.3, 0.4) is 0 Å². The number of anilines is 1. The second kappa shape index (κ2) is 6.75. The number of methoxy groups -OCH3 is 1. The lowest BCUT2D eigenvalue weighted by molar-refractivity contribution is -0.128. The van der Waals surface area contributed by atoms with Gasteiger partial charge in [0, 0.05) is 35.4 Å². The smallest absolute Gasteiger partial charge is 0.245 e. The van der Waals surface area contributed by atoms with Gasteiger partial charge in [0.1, 0.15) is 11.8 Å². The molecule has 2 N–H and O–H groups in total. The summed E-state index contributed by atoms with van der Waals surface area (Å²) in [5.41, 5.74) is 4.36. The molecule has 0 aliphatic carbocycles. The first-order chi connectivity index (χ1) is 12.6. The maximum Gasteiger partial charge on any atom is 0.245 e. The van der Waals surface area contributed by atoms with Gasteiger partial charge in [-0.05, 0) is 55.3 Å². The summed E-state index contributed by atoms with van der Waals surface area (Å²) < 4.78 is 5.18. The van der Waals surface area contributed by atoms with Gasteiger partial charge in [-0.25, -0.2) is 0 Å². The minimum atomic E-state index is -0.161. The summed E-state index contributed by atoms with van der Waals surface area (Å²) in [4.78, 5) is 18.0. The van der Waals surface area contributed by atoms with Crippen LogP contribution in [-0.2, 0) is 11.3 Å². The molecule has 5 nitrogen and oxygen atoms in total. The van der Waals surface area contributed by atoms with E-state index in [0.717, 1.165) is 46.6 Å². The lowest BCUT2D eigenvalue weighted by atomic mass is 10.2. The third-order valence-electron chi connectivity index (χ3n) is 4.93. The molecule has 2 heterocycles. The minimum Gasteiger partial charge on any atom is -0.497 e. The first kappa shape index (κ1) is 16.5. The van der Waals surface area contributed by atoms with E-state index in [9.17, 15) is 4.79 Å². The normalized spacial score (nSPS) is 17.1. The van der Waals surface area contributed by atoms with E-state index in [1.54, 1.807) is 7.11 Å². The average Bonchev–Trinajstić information content (AvgIpc) is 3.18. The first-order valence-electron chi connectivity index (χ1n) is 8.90. The van der Waals surface area contributed by atoms with Crippen LogP contribution in [0.4, 0.5) is 5.69 Å². The number of fused-ring (bicyclic) bond motifs is 1. The van der Waals surface area contributed by atoms with E-state index in [1.807, 2.05) is 42.2 Å². The highest BCUT2D eigenvalue weighted by molar-refractivity contribution is 5.89. The number of hydrogen-bond acceptors (Lipinski definition) is 3. The van der Waals surface area contributed by atoms with Crippen molar-refractivity contribution in [1.29, 1.82) is 0 Å². The van der Waals surface area contributed by atoms with E-state index in [1.165, 1.54) is 0 Å². The second-order valence-corrected chi connectivity index (χ2v) is 6.85. The lowest BCUT2D eigenvalue weighted by Gasteiger charge is -2.18. The highest BCUT2D eigenvalue weighted by atomic mass is 16.5. The molecular formula is C21H23N3O2. The summed E-state index contributed by atoms with van der Waals surface area (Å²) >= 11 is 0. The van der Waals surface area contributed by atoms with Crippen LogP contribution in [0.5, 0.6) is 5.75 Å². The molecule has 3 aromatic rings. The Kier molecular flexibility index (Phi) is 4.29. The molecule has 1 fully saturated rings. The van der Waals surface area contributed by atoms with Crippen molar-refractivity contribution >= 4 is 22.5 Å².